The normalized spacial score (nSPS) is 21.0. The zero-order valence-corrected chi connectivity index (χ0v) is 13.8. The van der Waals surface area contributed by atoms with Crippen molar-refractivity contribution in [3.8, 4) is 5.75 Å². The van der Waals surface area contributed by atoms with E-state index in [0.29, 0.717) is 31.4 Å². The highest BCUT2D eigenvalue weighted by Crippen LogP contribution is 2.30. The summed E-state index contributed by atoms with van der Waals surface area (Å²) in [6.45, 7) is 2.34. The molecule has 2 rings (SSSR count). The maximum atomic E-state index is 12.3. The first-order chi connectivity index (χ1) is 11.6. The number of ether oxygens (including phenoxy) is 1. The van der Waals surface area contributed by atoms with E-state index in [0.717, 1.165) is 0 Å². The fraction of sp³-hybridized carbons (Fsp3) is 0.529. The first-order valence-electron chi connectivity index (χ1n) is 7.95. The van der Waals surface area contributed by atoms with E-state index in [1.54, 1.807) is 11.8 Å². The second-order valence-electron chi connectivity index (χ2n) is 6.48. The van der Waals surface area contributed by atoms with Crippen LogP contribution in [0.2, 0.25) is 0 Å². The standard InChI is InChI=1S/C17H20F3NO4/c1-16(15(23)24)9-2-10-21(11-16)14(22)8-5-12-3-6-13(7-4-12)25-17(18,19)20/h3-4,6-7H,2,5,8-11H2,1H3,(H,23,24). The van der Waals surface area contributed by atoms with E-state index < -0.39 is 17.7 Å². The van der Waals surface area contributed by atoms with Crippen molar-refractivity contribution in [3.05, 3.63) is 29.8 Å². The number of alkyl halides is 3. The summed E-state index contributed by atoms with van der Waals surface area (Å²) in [5.74, 6) is -1.37. The topological polar surface area (TPSA) is 66.8 Å². The van der Waals surface area contributed by atoms with Crippen LogP contribution in [0.25, 0.3) is 0 Å². The largest absolute Gasteiger partial charge is 0.573 e. The lowest BCUT2D eigenvalue weighted by Gasteiger charge is -2.37. The number of hydrogen-bond acceptors (Lipinski definition) is 3. The molecule has 1 heterocycles. The van der Waals surface area contributed by atoms with Gasteiger partial charge in [0.25, 0.3) is 0 Å². The molecule has 1 unspecified atom stereocenters. The van der Waals surface area contributed by atoms with Gasteiger partial charge in [0.1, 0.15) is 5.75 Å². The molecule has 1 aliphatic rings. The molecule has 25 heavy (non-hydrogen) atoms. The molecule has 1 N–H and O–H groups in total. The van der Waals surface area contributed by atoms with E-state index in [2.05, 4.69) is 4.74 Å². The van der Waals surface area contributed by atoms with E-state index in [4.69, 9.17) is 0 Å². The summed E-state index contributed by atoms with van der Waals surface area (Å²) in [7, 11) is 0. The highest BCUT2D eigenvalue weighted by Gasteiger charge is 2.39. The minimum Gasteiger partial charge on any atom is -0.481 e. The maximum absolute atomic E-state index is 12.3. The number of piperidine rings is 1. The lowest BCUT2D eigenvalue weighted by molar-refractivity contribution is -0.274. The Bertz CT molecular complexity index is 630. The van der Waals surface area contributed by atoms with Crippen LogP contribution in [-0.4, -0.2) is 41.3 Å². The summed E-state index contributed by atoms with van der Waals surface area (Å²) in [4.78, 5) is 25.2. The SMILES string of the molecule is CC1(C(=O)O)CCCN(C(=O)CCc2ccc(OC(F)(F)F)cc2)C1. The van der Waals surface area contributed by atoms with Gasteiger partial charge in [-0.05, 0) is 43.9 Å². The summed E-state index contributed by atoms with van der Waals surface area (Å²) < 4.78 is 40.1. The van der Waals surface area contributed by atoms with Crippen LogP contribution in [0.4, 0.5) is 13.2 Å². The predicted molar refractivity (Wildman–Crippen MR) is 83.0 cm³/mol. The van der Waals surface area contributed by atoms with E-state index in [9.17, 15) is 27.9 Å². The Morgan fingerprint density at radius 1 is 1.28 bits per heavy atom. The smallest absolute Gasteiger partial charge is 0.481 e. The molecule has 0 aromatic heterocycles. The number of carbonyl (C=O) groups is 2. The van der Waals surface area contributed by atoms with Crippen molar-refractivity contribution in [1.82, 2.24) is 4.90 Å². The van der Waals surface area contributed by atoms with Crippen LogP contribution >= 0.6 is 0 Å². The van der Waals surface area contributed by atoms with Crippen LogP contribution in [0.5, 0.6) is 5.75 Å². The molecule has 5 nitrogen and oxygen atoms in total. The molecule has 1 saturated heterocycles. The first-order valence-corrected chi connectivity index (χ1v) is 7.95. The van der Waals surface area contributed by atoms with Crippen LogP contribution in [0.3, 0.4) is 0 Å². The number of benzene rings is 1. The molecule has 1 aromatic rings. The van der Waals surface area contributed by atoms with Gasteiger partial charge in [-0.3, -0.25) is 9.59 Å². The second-order valence-corrected chi connectivity index (χ2v) is 6.48. The molecule has 138 valence electrons. The monoisotopic (exact) mass is 359 g/mol. The number of aliphatic carboxylic acids is 1. The zero-order chi connectivity index (χ0) is 18.7. The van der Waals surface area contributed by atoms with Gasteiger partial charge in [0.2, 0.25) is 5.91 Å². The van der Waals surface area contributed by atoms with Crippen LogP contribution in [0.15, 0.2) is 24.3 Å². The zero-order valence-electron chi connectivity index (χ0n) is 13.8. The van der Waals surface area contributed by atoms with Crippen LogP contribution < -0.4 is 4.74 Å². The second kappa shape index (κ2) is 7.33. The number of halogens is 3. The van der Waals surface area contributed by atoms with Crippen molar-refractivity contribution < 1.29 is 32.6 Å². The van der Waals surface area contributed by atoms with E-state index >= 15 is 0 Å². The van der Waals surface area contributed by atoms with Gasteiger partial charge in [-0.1, -0.05) is 12.1 Å². The molecule has 1 aliphatic heterocycles. The summed E-state index contributed by atoms with van der Waals surface area (Å²) in [6, 6.07) is 5.36. The van der Waals surface area contributed by atoms with Crippen LogP contribution in [0, 0.1) is 5.41 Å². The molecule has 0 aliphatic carbocycles. The van der Waals surface area contributed by atoms with Crippen molar-refractivity contribution in [2.75, 3.05) is 13.1 Å². The van der Waals surface area contributed by atoms with Crippen LogP contribution in [0.1, 0.15) is 31.7 Å². The number of carbonyl (C=O) groups excluding carboxylic acids is 1. The van der Waals surface area contributed by atoms with Crippen LogP contribution in [-0.2, 0) is 16.0 Å². The molecule has 1 aromatic carbocycles. The molecule has 0 radical (unpaired) electrons. The summed E-state index contributed by atoms with van der Waals surface area (Å²) >= 11 is 0. The predicted octanol–water partition coefficient (Wildman–Crippen LogP) is 3.23. The van der Waals surface area contributed by atoms with Gasteiger partial charge in [0.05, 0.1) is 5.41 Å². The highest BCUT2D eigenvalue weighted by molar-refractivity contribution is 5.79. The van der Waals surface area contributed by atoms with Crippen molar-refractivity contribution in [2.24, 2.45) is 5.41 Å². The van der Waals surface area contributed by atoms with Gasteiger partial charge >= 0.3 is 12.3 Å². The van der Waals surface area contributed by atoms with E-state index in [1.807, 2.05) is 0 Å². The number of carboxylic acids is 1. The molecule has 1 fully saturated rings. The Kier molecular flexibility index (Phi) is 5.59. The van der Waals surface area contributed by atoms with Gasteiger partial charge < -0.3 is 14.7 Å². The molecule has 0 bridgehead atoms. The minimum atomic E-state index is -4.73. The lowest BCUT2D eigenvalue weighted by Crippen LogP contribution is -2.48. The molecule has 1 atom stereocenters. The summed E-state index contributed by atoms with van der Waals surface area (Å²) in [5, 5.41) is 9.28. The fourth-order valence-electron chi connectivity index (χ4n) is 2.89. The van der Waals surface area contributed by atoms with Crippen molar-refractivity contribution in [3.63, 3.8) is 0 Å². The molecule has 0 spiro atoms. The molecular formula is C17H20F3NO4. The fourth-order valence-corrected chi connectivity index (χ4v) is 2.89. The summed E-state index contributed by atoms with van der Waals surface area (Å²) in [5.41, 5.74) is -0.217. The Morgan fingerprint density at radius 3 is 2.48 bits per heavy atom. The molecular weight excluding hydrogens is 339 g/mol. The average molecular weight is 359 g/mol. The van der Waals surface area contributed by atoms with Gasteiger partial charge in [-0.2, -0.15) is 0 Å². The molecule has 0 saturated carbocycles. The summed E-state index contributed by atoms with van der Waals surface area (Å²) in [6.07, 6.45) is -3.02. The van der Waals surface area contributed by atoms with Gasteiger partial charge in [-0.25, -0.2) is 0 Å². The van der Waals surface area contributed by atoms with Gasteiger partial charge in [0, 0.05) is 19.5 Å². The number of rotatable bonds is 5. The third-order valence-electron chi connectivity index (χ3n) is 4.35. The van der Waals surface area contributed by atoms with E-state index in [1.165, 1.54) is 24.3 Å². The lowest BCUT2D eigenvalue weighted by atomic mass is 9.82. The number of likely N-dealkylation sites (tertiary alicyclic amines) is 1. The van der Waals surface area contributed by atoms with E-state index in [-0.39, 0.29) is 24.6 Å². The van der Waals surface area contributed by atoms with Gasteiger partial charge in [0.15, 0.2) is 0 Å². The molecule has 8 heteroatoms. The number of nitrogens with zero attached hydrogens (tertiary/aromatic N) is 1. The highest BCUT2D eigenvalue weighted by atomic mass is 19.4. The first kappa shape index (κ1) is 19.1. The minimum absolute atomic E-state index is 0.150. The van der Waals surface area contributed by atoms with Crippen molar-refractivity contribution >= 4 is 11.9 Å². The third kappa shape index (κ3) is 5.37. The maximum Gasteiger partial charge on any atom is 0.573 e. The Hall–Kier alpha value is -2.25. The van der Waals surface area contributed by atoms with Crippen molar-refractivity contribution in [1.29, 1.82) is 0 Å². The number of carboxylic acid groups (broad SMARTS) is 1. The number of aryl methyl sites for hydroxylation is 1. The number of amides is 1. The Balaban J connectivity index is 1.88. The quantitative estimate of drug-likeness (QED) is 0.877. The third-order valence-corrected chi connectivity index (χ3v) is 4.35. The van der Waals surface area contributed by atoms with Gasteiger partial charge in [-0.15, -0.1) is 13.2 Å². The van der Waals surface area contributed by atoms with Crippen molar-refractivity contribution in [2.45, 2.75) is 39.0 Å². The molecule has 1 amide bonds. The number of hydrogen-bond donors (Lipinski definition) is 1. The average Bonchev–Trinajstić information content (AvgIpc) is 2.52. The Morgan fingerprint density at radius 2 is 1.92 bits per heavy atom. The Labute approximate surface area is 143 Å².